The molecule has 0 spiro atoms. The van der Waals surface area contributed by atoms with E-state index < -0.39 is 0 Å². The van der Waals surface area contributed by atoms with Crippen LogP contribution in [0.5, 0.6) is 0 Å². The Bertz CT molecular complexity index is 652. The number of likely N-dealkylation sites (tertiary alicyclic amines) is 1. The highest BCUT2D eigenvalue weighted by Crippen LogP contribution is 2.30. The Morgan fingerprint density at radius 1 is 1.45 bits per heavy atom. The molecule has 2 atom stereocenters. The summed E-state index contributed by atoms with van der Waals surface area (Å²) in [5.41, 5.74) is 0.979. The number of aryl methyl sites for hydroxylation is 1. The lowest BCUT2D eigenvalue weighted by Gasteiger charge is -2.41. The summed E-state index contributed by atoms with van der Waals surface area (Å²) in [4.78, 5) is 14.3. The molecule has 1 amide bonds. The van der Waals surface area contributed by atoms with Gasteiger partial charge in [-0.3, -0.25) is 9.48 Å². The van der Waals surface area contributed by atoms with Crippen molar-refractivity contribution in [3.05, 3.63) is 30.4 Å². The maximum Gasteiger partial charge on any atom is 0.224 e. The molecule has 0 N–H and O–H groups in total. The quantitative estimate of drug-likeness (QED) is 0.811. The van der Waals surface area contributed by atoms with E-state index in [1.54, 1.807) is 17.1 Å². The maximum atomic E-state index is 12.4. The summed E-state index contributed by atoms with van der Waals surface area (Å²) in [5, 5.41) is 12.2. The van der Waals surface area contributed by atoms with Crippen molar-refractivity contribution in [2.45, 2.75) is 38.1 Å². The number of rotatable bonds is 3. The average molecular weight is 302 g/mol. The number of nitrogens with zero attached hydrogens (tertiary/aromatic N) is 6. The zero-order chi connectivity index (χ0) is 14.9. The second-order valence-electron chi connectivity index (χ2n) is 5.73. The lowest BCUT2D eigenvalue weighted by molar-refractivity contribution is -0.138. The highest BCUT2D eigenvalue weighted by atomic mass is 16.5. The molecule has 2 aromatic rings. The second kappa shape index (κ2) is 5.53. The van der Waals surface area contributed by atoms with Gasteiger partial charge in [-0.2, -0.15) is 5.10 Å². The van der Waals surface area contributed by atoms with Gasteiger partial charge in [0.15, 0.2) is 0 Å². The van der Waals surface area contributed by atoms with E-state index in [0.717, 1.165) is 18.7 Å². The third-order valence-corrected chi connectivity index (χ3v) is 4.40. The smallest absolute Gasteiger partial charge is 0.224 e. The van der Waals surface area contributed by atoms with E-state index in [0.29, 0.717) is 26.1 Å². The Balaban J connectivity index is 1.41. The van der Waals surface area contributed by atoms with Crippen LogP contribution in [0.2, 0.25) is 0 Å². The number of carbonyl (C=O) groups is 1. The molecule has 1 saturated heterocycles. The van der Waals surface area contributed by atoms with Gasteiger partial charge in [0.1, 0.15) is 0 Å². The van der Waals surface area contributed by atoms with Crippen LogP contribution in [0.1, 0.15) is 24.6 Å². The molecule has 4 rings (SSSR count). The minimum absolute atomic E-state index is 0.0775. The Morgan fingerprint density at radius 2 is 2.41 bits per heavy atom. The number of ether oxygens (including phenoxy) is 1. The molecule has 0 saturated carbocycles. The van der Waals surface area contributed by atoms with E-state index in [-0.39, 0.29) is 18.1 Å². The van der Waals surface area contributed by atoms with Crippen LogP contribution < -0.4 is 0 Å². The van der Waals surface area contributed by atoms with Gasteiger partial charge in [-0.05, 0) is 12.5 Å². The molecular weight excluding hydrogens is 284 g/mol. The van der Waals surface area contributed by atoms with Crippen LogP contribution in [0.25, 0.3) is 0 Å². The maximum absolute atomic E-state index is 12.4. The number of amides is 1. The molecule has 22 heavy (non-hydrogen) atoms. The van der Waals surface area contributed by atoms with Gasteiger partial charge < -0.3 is 9.64 Å². The average Bonchev–Trinajstić information content (AvgIpc) is 3.23. The fourth-order valence-electron chi connectivity index (χ4n) is 3.21. The van der Waals surface area contributed by atoms with Gasteiger partial charge in [-0.1, -0.05) is 5.21 Å². The highest BCUT2D eigenvalue weighted by Gasteiger charge is 2.37. The normalized spacial score (nSPS) is 23.9. The molecule has 0 unspecified atom stereocenters. The summed E-state index contributed by atoms with van der Waals surface area (Å²) in [5.74, 6) is 0.154. The zero-order valence-electron chi connectivity index (χ0n) is 12.2. The molecule has 2 aromatic heterocycles. The number of carbonyl (C=O) groups excluding carboxylic acids is 1. The van der Waals surface area contributed by atoms with E-state index >= 15 is 0 Å². The Morgan fingerprint density at radius 3 is 3.27 bits per heavy atom. The van der Waals surface area contributed by atoms with Crippen LogP contribution in [0.15, 0.2) is 24.7 Å². The van der Waals surface area contributed by atoms with Gasteiger partial charge in [0, 0.05) is 38.4 Å². The van der Waals surface area contributed by atoms with Crippen molar-refractivity contribution in [1.82, 2.24) is 29.7 Å². The molecule has 8 nitrogen and oxygen atoms in total. The van der Waals surface area contributed by atoms with Crippen molar-refractivity contribution < 1.29 is 9.53 Å². The van der Waals surface area contributed by atoms with Crippen molar-refractivity contribution in [3.8, 4) is 0 Å². The Kier molecular flexibility index (Phi) is 3.38. The fourth-order valence-corrected chi connectivity index (χ4v) is 3.21. The molecule has 1 fully saturated rings. The fraction of sp³-hybridized carbons (Fsp3) is 0.571. The minimum atomic E-state index is 0.0775. The molecule has 4 heterocycles. The number of fused-ring (bicyclic) bond motifs is 3. The van der Waals surface area contributed by atoms with Crippen LogP contribution in [0, 0.1) is 0 Å². The Labute approximate surface area is 127 Å². The number of aromatic nitrogens is 5. The lowest BCUT2D eigenvalue weighted by atomic mass is 10.00. The molecule has 116 valence electrons. The molecular formula is C14H18N6O2. The Hall–Kier alpha value is -2.22. The summed E-state index contributed by atoms with van der Waals surface area (Å²) in [7, 11) is 0. The predicted octanol–water partition coefficient (Wildman–Crippen LogP) is 0.237. The van der Waals surface area contributed by atoms with E-state index in [1.165, 1.54) is 0 Å². The van der Waals surface area contributed by atoms with Crippen molar-refractivity contribution in [1.29, 1.82) is 0 Å². The zero-order valence-corrected chi connectivity index (χ0v) is 12.2. The van der Waals surface area contributed by atoms with Gasteiger partial charge >= 0.3 is 0 Å². The third kappa shape index (κ3) is 2.39. The summed E-state index contributed by atoms with van der Waals surface area (Å²) >= 11 is 0. The monoisotopic (exact) mass is 302 g/mol. The van der Waals surface area contributed by atoms with Crippen molar-refractivity contribution in [2.75, 3.05) is 13.1 Å². The molecule has 0 radical (unpaired) electrons. The topological polar surface area (TPSA) is 78.1 Å². The van der Waals surface area contributed by atoms with Crippen LogP contribution in [-0.4, -0.2) is 54.8 Å². The first kappa shape index (κ1) is 13.4. The van der Waals surface area contributed by atoms with Crippen molar-refractivity contribution in [3.63, 3.8) is 0 Å². The molecule has 0 aliphatic carbocycles. The largest absolute Gasteiger partial charge is 0.370 e. The van der Waals surface area contributed by atoms with Crippen molar-refractivity contribution in [2.24, 2.45) is 0 Å². The van der Waals surface area contributed by atoms with Gasteiger partial charge in [0.2, 0.25) is 5.91 Å². The highest BCUT2D eigenvalue weighted by molar-refractivity contribution is 5.76. The molecule has 0 bridgehead atoms. The lowest BCUT2D eigenvalue weighted by Crippen LogP contribution is -2.50. The molecule has 0 aromatic carbocycles. The molecule has 2 aliphatic heterocycles. The van der Waals surface area contributed by atoms with E-state index in [4.69, 9.17) is 4.74 Å². The first-order chi connectivity index (χ1) is 10.8. The minimum Gasteiger partial charge on any atom is -0.370 e. The first-order valence-electron chi connectivity index (χ1n) is 7.57. The summed E-state index contributed by atoms with van der Waals surface area (Å²) < 4.78 is 9.56. The van der Waals surface area contributed by atoms with Crippen molar-refractivity contribution >= 4 is 5.91 Å². The number of piperidine rings is 1. The number of hydrogen-bond donors (Lipinski definition) is 0. The summed E-state index contributed by atoms with van der Waals surface area (Å²) in [6.45, 7) is 2.55. The van der Waals surface area contributed by atoms with Crippen LogP contribution >= 0.6 is 0 Å². The van der Waals surface area contributed by atoms with E-state index in [2.05, 4.69) is 15.4 Å². The SMILES string of the molecule is O=C(CCn1cccn1)N1CC[C@H]2OCc3cnnn3[C@H]2C1. The summed E-state index contributed by atoms with van der Waals surface area (Å²) in [6, 6.07) is 1.94. The van der Waals surface area contributed by atoms with Crippen LogP contribution in [0.4, 0.5) is 0 Å². The van der Waals surface area contributed by atoms with Gasteiger partial charge in [-0.15, -0.1) is 5.10 Å². The molecule has 2 aliphatic rings. The first-order valence-corrected chi connectivity index (χ1v) is 7.57. The molecule has 8 heteroatoms. The van der Waals surface area contributed by atoms with Gasteiger partial charge in [0.25, 0.3) is 0 Å². The van der Waals surface area contributed by atoms with E-state index in [1.807, 2.05) is 21.8 Å². The second-order valence-corrected chi connectivity index (χ2v) is 5.73. The number of hydrogen-bond acceptors (Lipinski definition) is 5. The summed E-state index contributed by atoms with van der Waals surface area (Å²) in [6.07, 6.45) is 6.76. The van der Waals surface area contributed by atoms with Gasteiger partial charge in [0.05, 0.1) is 30.6 Å². The standard InChI is InChI=1S/C14H18N6O2/c21-14(3-7-19-5-1-4-16-19)18-6-2-13-12(9-18)20-11(10-22-13)8-15-17-20/h1,4-5,8,12-13H,2-3,6-7,9-10H2/t12-,13+/m0/s1. The van der Waals surface area contributed by atoms with Crippen LogP contribution in [0.3, 0.4) is 0 Å². The van der Waals surface area contributed by atoms with Crippen LogP contribution in [-0.2, 0) is 22.7 Å². The predicted molar refractivity (Wildman–Crippen MR) is 75.7 cm³/mol. The van der Waals surface area contributed by atoms with Gasteiger partial charge in [-0.25, -0.2) is 4.68 Å². The van der Waals surface area contributed by atoms with E-state index in [9.17, 15) is 4.79 Å². The third-order valence-electron chi connectivity index (χ3n) is 4.40.